The Labute approximate surface area is 122 Å². The van der Waals surface area contributed by atoms with Crippen molar-refractivity contribution in [3.05, 3.63) is 32.6 Å². The van der Waals surface area contributed by atoms with Crippen molar-refractivity contribution in [3.63, 3.8) is 0 Å². The zero-order valence-corrected chi connectivity index (χ0v) is 12.7. The van der Waals surface area contributed by atoms with Crippen LogP contribution in [0.2, 0.25) is 0 Å². The number of H-pyrrole nitrogens is 1. The lowest BCUT2D eigenvalue weighted by Gasteiger charge is -2.29. The first-order chi connectivity index (χ1) is 9.92. The average molecular weight is 302 g/mol. The molecule has 1 aromatic heterocycles. The number of nitrogens with one attached hydrogen (secondary N) is 1. The van der Waals surface area contributed by atoms with Crippen molar-refractivity contribution in [2.75, 3.05) is 27.4 Å². The van der Waals surface area contributed by atoms with Gasteiger partial charge in [0.15, 0.2) is 6.23 Å². The molecule has 8 nitrogen and oxygen atoms in total. The lowest BCUT2D eigenvalue weighted by atomic mass is 10.2. The van der Waals surface area contributed by atoms with Crippen molar-refractivity contribution >= 4 is 0 Å². The summed E-state index contributed by atoms with van der Waals surface area (Å²) >= 11 is 0. The summed E-state index contributed by atoms with van der Waals surface area (Å²) in [6, 6.07) is 0. The number of aliphatic hydroxyl groups excluding tert-OH is 1. The van der Waals surface area contributed by atoms with Gasteiger partial charge in [-0.25, -0.2) is 4.79 Å². The Morgan fingerprint density at radius 1 is 1.33 bits per heavy atom. The highest BCUT2D eigenvalue weighted by atomic mass is 16.6. The Bertz CT molecular complexity index is 550. The molecule has 2 N–H and O–H groups in total. The van der Waals surface area contributed by atoms with E-state index in [1.165, 1.54) is 31.9 Å². The van der Waals surface area contributed by atoms with E-state index in [4.69, 9.17) is 14.2 Å². The fraction of sp³-hybridized carbons (Fsp3) is 0.692. The van der Waals surface area contributed by atoms with Crippen LogP contribution in [-0.4, -0.2) is 54.3 Å². The van der Waals surface area contributed by atoms with Crippen LogP contribution < -0.4 is 11.2 Å². The van der Waals surface area contributed by atoms with E-state index in [2.05, 4.69) is 4.98 Å². The maximum Gasteiger partial charge on any atom is 0.330 e. The summed E-state index contributed by atoms with van der Waals surface area (Å²) in [5, 5.41) is 9.86. The molecular weight excluding hydrogens is 280 g/mol. The van der Waals surface area contributed by atoms with Crippen LogP contribution in [0, 0.1) is 6.92 Å². The molecule has 0 aliphatic heterocycles. The van der Waals surface area contributed by atoms with E-state index >= 15 is 0 Å². The predicted molar refractivity (Wildman–Crippen MR) is 75.4 cm³/mol. The number of hydrogen-bond donors (Lipinski definition) is 2. The zero-order valence-electron chi connectivity index (χ0n) is 12.7. The molecule has 0 bridgehead atoms. The molecule has 0 amide bonds. The number of aryl methyl sites for hydroxylation is 1. The number of methoxy groups -OCH3 is 2. The first-order valence-corrected chi connectivity index (χ1v) is 6.55. The summed E-state index contributed by atoms with van der Waals surface area (Å²) in [6.07, 6.45) is -1.16. The molecule has 0 saturated carbocycles. The van der Waals surface area contributed by atoms with Gasteiger partial charge in [0.05, 0.1) is 19.3 Å². The van der Waals surface area contributed by atoms with E-state index in [0.29, 0.717) is 12.2 Å². The number of rotatable bonds is 8. The molecule has 0 fully saturated rings. The van der Waals surface area contributed by atoms with Crippen LogP contribution in [0.25, 0.3) is 0 Å². The highest BCUT2D eigenvalue weighted by molar-refractivity contribution is 5.01. The maximum absolute atomic E-state index is 11.9. The van der Waals surface area contributed by atoms with Gasteiger partial charge in [-0.05, 0) is 13.8 Å². The molecule has 1 rings (SSSR count). The highest BCUT2D eigenvalue weighted by Gasteiger charge is 2.29. The number of nitrogens with zero attached hydrogens (tertiary/aromatic N) is 1. The summed E-state index contributed by atoms with van der Waals surface area (Å²) in [7, 11) is 2.93. The van der Waals surface area contributed by atoms with E-state index in [9.17, 15) is 14.7 Å². The van der Waals surface area contributed by atoms with Crippen molar-refractivity contribution in [1.82, 2.24) is 9.55 Å². The summed E-state index contributed by atoms with van der Waals surface area (Å²) in [5.41, 5.74) is -0.726. The molecule has 0 saturated heterocycles. The van der Waals surface area contributed by atoms with Crippen LogP contribution in [0.3, 0.4) is 0 Å². The van der Waals surface area contributed by atoms with Gasteiger partial charge in [-0.2, -0.15) is 0 Å². The number of aromatic amines is 1. The Kier molecular flexibility index (Phi) is 6.76. The smallest absolute Gasteiger partial charge is 0.330 e. The molecule has 1 heterocycles. The molecule has 120 valence electrons. The first-order valence-electron chi connectivity index (χ1n) is 6.55. The van der Waals surface area contributed by atoms with E-state index in [1.54, 1.807) is 6.92 Å². The van der Waals surface area contributed by atoms with E-state index in [0.717, 1.165) is 0 Å². The van der Waals surface area contributed by atoms with Crippen LogP contribution in [-0.2, 0) is 14.2 Å². The Morgan fingerprint density at radius 2 is 2.00 bits per heavy atom. The predicted octanol–water partition coefficient (Wildman–Crippen LogP) is -0.598. The summed E-state index contributed by atoms with van der Waals surface area (Å²) in [4.78, 5) is 25.5. The van der Waals surface area contributed by atoms with Crippen LogP contribution in [0.15, 0.2) is 15.8 Å². The Balaban J connectivity index is 3.11. The molecule has 1 unspecified atom stereocenters. The monoisotopic (exact) mass is 302 g/mol. The quantitative estimate of drug-likeness (QED) is 0.622. The van der Waals surface area contributed by atoms with Crippen molar-refractivity contribution in [2.45, 2.75) is 32.3 Å². The number of aromatic nitrogens is 2. The minimum absolute atomic E-state index is 0.239. The molecule has 1 aromatic rings. The molecule has 0 spiro atoms. The average Bonchev–Trinajstić information content (AvgIpc) is 2.43. The normalized spacial score (nSPS) is 15.7. The Hall–Kier alpha value is -1.48. The summed E-state index contributed by atoms with van der Waals surface area (Å²) < 4.78 is 16.9. The fourth-order valence-corrected chi connectivity index (χ4v) is 1.91. The van der Waals surface area contributed by atoms with Gasteiger partial charge in [0.25, 0.3) is 5.56 Å². The van der Waals surface area contributed by atoms with Gasteiger partial charge in [0.1, 0.15) is 6.10 Å². The van der Waals surface area contributed by atoms with Gasteiger partial charge >= 0.3 is 5.69 Å². The molecule has 0 aliphatic carbocycles. The summed E-state index contributed by atoms with van der Waals surface area (Å²) in [6.45, 7) is 3.69. The third-order valence-electron chi connectivity index (χ3n) is 3.02. The van der Waals surface area contributed by atoms with Crippen LogP contribution in [0.4, 0.5) is 0 Å². The number of hydrogen-bond acceptors (Lipinski definition) is 6. The molecule has 0 aromatic carbocycles. The van der Waals surface area contributed by atoms with Gasteiger partial charge in [-0.15, -0.1) is 0 Å². The molecule has 0 aliphatic rings. The zero-order chi connectivity index (χ0) is 16.0. The largest absolute Gasteiger partial charge is 0.391 e. The second kappa shape index (κ2) is 8.08. The van der Waals surface area contributed by atoms with Gasteiger partial charge in [-0.1, -0.05) is 0 Å². The summed E-state index contributed by atoms with van der Waals surface area (Å²) in [5.74, 6) is 0. The molecule has 8 heteroatoms. The van der Waals surface area contributed by atoms with Gasteiger partial charge in [0.2, 0.25) is 0 Å². The first kappa shape index (κ1) is 17.6. The number of ether oxygens (including phenoxy) is 3. The van der Waals surface area contributed by atoms with Crippen molar-refractivity contribution in [3.8, 4) is 0 Å². The molecular formula is C13H22N2O6. The SMILES string of the molecule is COCCOC([C@H](C)O)[C@@H](OC)n1cc(C)c(=O)[nH]c1=O. The van der Waals surface area contributed by atoms with E-state index in [1.807, 2.05) is 0 Å². The lowest BCUT2D eigenvalue weighted by Crippen LogP contribution is -2.43. The second-order valence-electron chi connectivity index (χ2n) is 4.67. The van der Waals surface area contributed by atoms with Crippen LogP contribution in [0.5, 0.6) is 0 Å². The maximum atomic E-state index is 11.9. The van der Waals surface area contributed by atoms with Crippen molar-refractivity contribution in [2.24, 2.45) is 0 Å². The fourth-order valence-electron chi connectivity index (χ4n) is 1.91. The van der Waals surface area contributed by atoms with Crippen LogP contribution in [0.1, 0.15) is 18.7 Å². The van der Waals surface area contributed by atoms with Gasteiger partial charge in [-0.3, -0.25) is 14.3 Å². The topological polar surface area (TPSA) is 103 Å². The highest BCUT2D eigenvalue weighted by Crippen LogP contribution is 2.17. The van der Waals surface area contributed by atoms with Crippen molar-refractivity contribution in [1.29, 1.82) is 0 Å². The Morgan fingerprint density at radius 3 is 2.52 bits per heavy atom. The standard InChI is InChI=1S/C13H22N2O6/c1-8-7-15(13(18)14-11(8)17)12(20-4)10(9(2)16)21-6-5-19-3/h7,9-10,12,16H,5-6H2,1-4H3,(H,14,17,18)/t9-,10?,12+/m0/s1. The van der Waals surface area contributed by atoms with E-state index in [-0.39, 0.29) is 6.61 Å². The molecule has 3 atom stereocenters. The minimum atomic E-state index is -0.883. The third-order valence-corrected chi connectivity index (χ3v) is 3.02. The van der Waals surface area contributed by atoms with Crippen LogP contribution >= 0.6 is 0 Å². The van der Waals surface area contributed by atoms with Crippen molar-refractivity contribution < 1.29 is 19.3 Å². The van der Waals surface area contributed by atoms with E-state index < -0.39 is 29.7 Å². The molecule has 0 radical (unpaired) electrons. The minimum Gasteiger partial charge on any atom is -0.391 e. The lowest BCUT2D eigenvalue weighted by molar-refractivity contribution is -0.142. The second-order valence-corrected chi connectivity index (χ2v) is 4.67. The van der Waals surface area contributed by atoms with Gasteiger partial charge in [0, 0.05) is 26.0 Å². The third kappa shape index (κ3) is 4.50. The number of aliphatic hydroxyl groups is 1. The van der Waals surface area contributed by atoms with Gasteiger partial charge < -0.3 is 19.3 Å². The molecule has 21 heavy (non-hydrogen) atoms.